The first-order valence-electron chi connectivity index (χ1n) is 7.63. The van der Waals surface area contributed by atoms with Gasteiger partial charge in [0.2, 0.25) is 10.0 Å². The molecule has 116 valence electrons. The van der Waals surface area contributed by atoms with Gasteiger partial charge in [0.05, 0.1) is 4.90 Å². The van der Waals surface area contributed by atoms with Gasteiger partial charge in [0, 0.05) is 24.8 Å². The van der Waals surface area contributed by atoms with Crippen molar-refractivity contribution in [1.29, 1.82) is 0 Å². The van der Waals surface area contributed by atoms with Crippen LogP contribution in [-0.4, -0.2) is 46.0 Å². The number of hydrogen-bond acceptors (Lipinski definition) is 4. The predicted octanol–water partition coefficient (Wildman–Crippen LogP) is 1.42. The Morgan fingerprint density at radius 2 is 2.24 bits per heavy atom. The van der Waals surface area contributed by atoms with Crippen molar-refractivity contribution in [2.24, 2.45) is 0 Å². The lowest BCUT2D eigenvalue weighted by molar-refractivity contribution is 0.187. The number of rotatable bonds is 4. The third-order valence-corrected chi connectivity index (χ3v) is 5.95. The number of nitrogens with zero attached hydrogens (tertiary/aromatic N) is 1. The molecule has 0 spiro atoms. The van der Waals surface area contributed by atoms with Crippen LogP contribution in [0.4, 0.5) is 5.69 Å². The molecule has 0 radical (unpaired) electrons. The molecule has 21 heavy (non-hydrogen) atoms. The van der Waals surface area contributed by atoms with E-state index in [0.717, 1.165) is 37.2 Å². The van der Waals surface area contributed by atoms with E-state index in [-0.39, 0.29) is 0 Å². The van der Waals surface area contributed by atoms with Gasteiger partial charge in [-0.2, -0.15) is 0 Å². The molecule has 2 heterocycles. The van der Waals surface area contributed by atoms with Crippen molar-refractivity contribution in [2.75, 3.05) is 32.0 Å². The van der Waals surface area contributed by atoms with E-state index in [2.05, 4.69) is 22.0 Å². The zero-order chi connectivity index (χ0) is 14.9. The van der Waals surface area contributed by atoms with Gasteiger partial charge >= 0.3 is 0 Å². The average molecular weight is 309 g/mol. The predicted molar refractivity (Wildman–Crippen MR) is 84.1 cm³/mol. The van der Waals surface area contributed by atoms with Gasteiger partial charge in [0.15, 0.2) is 0 Å². The van der Waals surface area contributed by atoms with Crippen LogP contribution in [0, 0.1) is 0 Å². The Morgan fingerprint density at radius 3 is 3.05 bits per heavy atom. The van der Waals surface area contributed by atoms with Crippen molar-refractivity contribution >= 4 is 15.7 Å². The quantitative estimate of drug-likeness (QED) is 0.883. The number of anilines is 1. The first kappa shape index (κ1) is 14.8. The van der Waals surface area contributed by atoms with Gasteiger partial charge in [-0.15, -0.1) is 0 Å². The normalized spacial score (nSPS) is 22.8. The second-order valence-corrected chi connectivity index (χ2v) is 7.74. The maximum atomic E-state index is 12.4. The number of piperidine rings is 1. The highest BCUT2D eigenvalue weighted by molar-refractivity contribution is 7.89. The molecule has 0 aromatic heterocycles. The van der Waals surface area contributed by atoms with Crippen LogP contribution < -0.4 is 10.0 Å². The zero-order valence-electron chi connectivity index (χ0n) is 12.4. The minimum absolute atomic E-state index is 0.310. The van der Waals surface area contributed by atoms with E-state index in [1.54, 1.807) is 12.1 Å². The van der Waals surface area contributed by atoms with Gasteiger partial charge in [0.25, 0.3) is 0 Å². The molecule has 1 fully saturated rings. The molecule has 1 aromatic carbocycles. The molecular weight excluding hydrogens is 286 g/mol. The van der Waals surface area contributed by atoms with Crippen LogP contribution in [0.5, 0.6) is 0 Å². The number of sulfonamides is 1. The highest BCUT2D eigenvalue weighted by Crippen LogP contribution is 2.25. The lowest BCUT2D eigenvalue weighted by atomic mass is 10.0. The number of likely N-dealkylation sites (tertiary alicyclic amines) is 1. The fourth-order valence-corrected chi connectivity index (χ4v) is 4.26. The molecule has 0 aliphatic carbocycles. The van der Waals surface area contributed by atoms with Crippen molar-refractivity contribution in [3.05, 3.63) is 23.8 Å². The second-order valence-electron chi connectivity index (χ2n) is 5.98. The van der Waals surface area contributed by atoms with E-state index in [0.29, 0.717) is 17.5 Å². The molecule has 2 N–H and O–H groups in total. The van der Waals surface area contributed by atoms with Crippen LogP contribution in [0.15, 0.2) is 23.1 Å². The largest absolute Gasteiger partial charge is 0.384 e. The lowest BCUT2D eigenvalue weighted by Crippen LogP contribution is -2.44. The van der Waals surface area contributed by atoms with Crippen LogP contribution in [0.2, 0.25) is 0 Å². The molecule has 0 saturated carbocycles. The summed E-state index contributed by atoms with van der Waals surface area (Å²) < 4.78 is 27.6. The number of hydrogen-bond donors (Lipinski definition) is 2. The van der Waals surface area contributed by atoms with Crippen molar-refractivity contribution in [1.82, 2.24) is 9.62 Å². The van der Waals surface area contributed by atoms with E-state index in [4.69, 9.17) is 0 Å². The first-order valence-corrected chi connectivity index (χ1v) is 9.11. The van der Waals surface area contributed by atoms with Gasteiger partial charge in [-0.1, -0.05) is 6.42 Å². The molecule has 1 unspecified atom stereocenters. The van der Waals surface area contributed by atoms with E-state index in [9.17, 15) is 8.42 Å². The minimum Gasteiger partial charge on any atom is -0.384 e. The van der Waals surface area contributed by atoms with Gasteiger partial charge in [0.1, 0.15) is 0 Å². The Balaban J connectivity index is 1.69. The summed E-state index contributed by atoms with van der Waals surface area (Å²) in [5, 5.41) is 3.25. The maximum absolute atomic E-state index is 12.4. The van der Waals surface area contributed by atoms with Crippen LogP contribution in [-0.2, 0) is 16.4 Å². The van der Waals surface area contributed by atoms with E-state index >= 15 is 0 Å². The van der Waals surface area contributed by atoms with Gasteiger partial charge in [-0.05, 0) is 56.6 Å². The van der Waals surface area contributed by atoms with Crippen molar-refractivity contribution in [3.8, 4) is 0 Å². The molecule has 2 aliphatic rings. The van der Waals surface area contributed by atoms with Crippen LogP contribution >= 0.6 is 0 Å². The van der Waals surface area contributed by atoms with Crippen LogP contribution in [0.1, 0.15) is 24.8 Å². The standard InChI is InChI=1S/C15H23N3O2S/c1-18-9-3-2-4-13(18)11-17-21(19,20)14-5-6-15-12(10-14)7-8-16-15/h5-6,10,13,16-17H,2-4,7-9,11H2,1H3. The summed E-state index contributed by atoms with van der Waals surface area (Å²) in [6, 6.07) is 5.65. The number of likely N-dealkylation sites (N-methyl/N-ethyl adjacent to an activating group) is 1. The van der Waals surface area contributed by atoms with Gasteiger partial charge < -0.3 is 10.2 Å². The molecule has 1 atom stereocenters. The molecule has 2 aliphatic heterocycles. The maximum Gasteiger partial charge on any atom is 0.240 e. The Morgan fingerprint density at radius 1 is 1.38 bits per heavy atom. The summed E-state index contributed by atoms with van der Waals surface area (Å²) in [7, 11) is -1.34. The number of benzene rings is 1. The van der Waals surface area contributed by atoms with Gasteiger partial charge in [-0.3, -0.25) is 0 Å². The third-order valence-electron chi connectivity index (χ3n) is 4.53. The third kappa shape index (κ3) is 3.22. The lowest BCUT2D eigenvalue weighted by Gasteiger charge is -2.32. The highest BCUT2D eigenvalue weighted by Gasteiger charge is 2.23. The highest BCUT2D eigenvalue weighted by atomic mass is 32.2. The summed E-state index contributed by atoms with van der Waals surface area (Å²) in [5.74, 6) is 0. The minimum atomic E-state index is -3.41. The molecule has 3 rings (SSSR count). The monoisotopic (exact) mass is 309 g/mol. The van der Waals surface area contributed by atoms with Crippen LogP contribution in [0.25, 0.3) is 0 Å². The molecule has 0 bridgehead atoms. The zero-order valence-corrected chi connectivity index (χ0v) is 13.2. The molecular formula is C15H23N3O2S. The Hall–Kier alpha value is -1.11. The summed E-state index contributed by atoms with van der Waals surface area (Å²) in [6.45, 7) is 2.43. The Labute approximate surface area is 126 Å². The van der Waals surface area contributed by atoms with E-state index < -0.39 is 10.0 Å². The molecule has 1 saturated heterocycles. The molecule has 5 nitrogen and oxygen atoms in total. The first-order chi connectivity index (χ1) is 10.1. The summed E-state index contributed by atoms with van der Waals surface area (Å²) in [4.78, 5) is 2.63. The average Bonchev–Trinajstić information content (AvgIpc) is 2.94. The second kappa shape index (κ2) is 5.94. The van der Waals surface area contributed by atoms with Crippen molar-refractivity contribution in [3.63, 3.8) is 0 Å². The summed E-state index contributed by atoms with van der Waals surface area (Å²) in [6.07, 6.45) is 4.34. The number of fused-ring (bicyclic) bond motifs is 1. The number of nitrogens with one attached hydrogen (secondary N) is 2. The Kier molecular flexibility index (Phi) is 4.19. The van der Waals surface area contributed by atoms with Gasteiger partial charge in [-0.25, -0.2) is 13.1 Å². The van der Waals surface area contributed by atoms with Crippen molar-refractivity contribution in [2.45, 2.75) is 36.6 Å². The topological polar surface area (TPSA) is 61.4 Å². The van der Waals surface area contributed by atoms with Crippen LogP contribution in [0.3, 0.4) is 0 Å². The fourth-order valence-electron chi connectivity index (χ4n) is 3.14. The van der Waals surface area contributed by atoms with E-state index in [1.807, 2.05) is 6.07 Å². The SMILES string of the molecule is CN1CCCCC1CNS(=O)(=O)c1ccc2c(c1)CCN2. The fraction of sp³-hybridized carbons (Fsp3) is 0.600. The smallest absolute Gasteiger partial charge is 0.240 e. The molecule has 0 amide bonds. The van der Waals surface area contributed by atoms with E-state index in [1.165, 1.54) is 12.8 Å². The Bertz CT molecular complexity index is 615. The molecule has 6 heteroatoms. The summed E-state index contributed by atoms with van der Waals surface area (Å²) in [5.41, 5.74) is 2.15. The van der Waals surface area contributed by atoms with Crippen molar-refractivity contribution < 1.29 is 8.42 Å². The molecule has 1 aromatic rings. The summed E-state index contributed by atoms with van der Waals surface area (Å²) >= 11 is 0.